The molecule has 0 unspecified atom stereocenters. The smallest absolute Gasteiger partial charge is 0.308 e. The predicted octanol–water partition coefficient (Wildman–Crippen LogP) is 3.81. The molecule has 1 aromatic carbocycles. The molecule has 0 bridgehead atoms. The van der Waals surface area contributed by atoms with E-state index in [1.807, 2.05) is 0 Å². The maximum Gasteiger partial charge on any atom is 0.308 e. The van der Waals surface area contributed by atoms with Crippen LogP contribution in [0.15, 0.2) is 17.2 Å². The Hall–Kier alpha value is -2.68. The highest BCUT2D eigenvalue weighted by atomic mass is 32.1. The fourth-order valence-electron chi connectivity index (χ4n) is 3.38. The summed E-state index contributed by atoms with van der Waals surface area (Å²) in [5, 5.41) is 11.8. The van der Waals surface area contributed by atoms with Gasteiger partial charge in [-0.3, -0.25) is 9.89 Å². The number of rotatable bonds is 6. The molecule has 1 fully saturated rings. The van der Waals surface area contributed by atoms with Crippen molar-refractivity contribution in [2.24, 2.45) is 5.10 Å². The number of benzene rings is 1. The van der Waals surface area contributed by atoms with E-state index in [-0.39, 0.29) is 5.75 Å². The van der Waals surface area contributed by atoms with Gasteiger partial charge in [0.25, 0.3) is 0 Å². The Bertz CT molecular complexity index is 903. The molecule has 9 heteroatoms. The minimum atomic E-state index is -0.458. The number of carbonyl (C=O) groups is 1. The summed E-state index contributed by atoms with van der Waals surface area (Å²) in [5.41, 5.74) is 0.710. The Balaban J connectivity index is 1.93. The van der Waals surface area contributed by atoms with Gasteiger partial charge in [0, 0.05) is 18.4 Å². The van der Waals surface area contributed by atoms with Crippen LogP contribution in [0, 0.1) is 4.77 Å². The molecule has 0 aliphatic heterocycles. The summed E-state index contributed by atoms with van der Waals surface area (Å²) in [7, 11) is 2.99. The summed E-state index contributed by atoms with van der Waals surface area (Å²) >= 11 is 5.35. The number of hydrogen-bond donors (Lipinski definition) is 1. The SMILES string of the molecule is COc1cc(/C=N/n2c(C3CCCCC3)n[nH]c2=S)cc(OC)c1OC(C)=O. The molecular weight excluding hydrogens is 380 g/mol. The van der Waals surface area contributed by atoms with Crippen molar-refractivity contribution in [2.75, 3.05) is 14.2 Å². The lowest BCUT2D eigenvalue weighted by molar-refractivity contribution is -0.132. The third-order valence-electron chi connectivity index (χ3n) is 4.70. The van der Waals surface area contributed by atoms with E-state index >= 15 is 0 Å². The zero-order valence-corrected chi connectivity index (χ0v) is 17.0. The number of nitrogens with zero attached hydrogens (tertiary/aromatic N) is 3. The van der Waals surface area contributed by atoms with E-state index in [1.165, 1.54) is 40.4 Å². The number of esters is 1. The van der Waals surface area contributed by atoms with Gasteiger partial charge in [0.05, 0.1) is 20.4 Å². The van der Waals surface area contributed by atoms with Crippen LogP contribution in [-0.4, -0.2) is 41.3 Å². The average molecular weight is 404 g/mol. The Morgan fingerprint density at radius 3 is 2.46 bits per heavy atom. The predicted molar refractivity (Wildman–Crippen MR) is 107 cm³/mol. The van der Waals surface area contributed by atoms with Gasteiger partial charge in [0.15, 0.2) is 17.3 Å². The van der Waals surface area contributed by atoms with Gasteiger partial charge in [0.1, 0.15) is 0 Å². The van der Waals surface area contributed by atoms with Crippen LogP contribution in [0.2, 0.25) is 0 Å². The lowest BCUT2D eigenvalue weighted by Gasteiger charge is -2.19. The van der Waals surface area contributed by atoms with E-state index < -0.39 is 5.97 Å². The first-order chi connectivity index (χ1) is 13.5. The Kier molecular flexibility index (Phi) is 6.45. The van der Waals surface area contributed by atoms with E-state index in [0.717, 1.165) is 18.7 Å². The van der Waals surface area contributed by atoms with Crippen molar-refractivity contribution < 1.29 is 19.0 Å². The lowest BCUT2D eigenvalue weighted by atomic mass is 9.89. The summed E-state index contributed by atoms with van der Waals surface area (Å²) in [5.74, 6) is 1.74. The number of methoxy groups -OCH3 is 2. The zero-order chi connectivity index (χ0) is 20.1. The molecule has 0 atom stereocenters. The van der Waals surface area contributed by atoms with Crippen LogP contribution in [0.25, 0.3) is 0 Å². The first-order valence-corrected chi connectivity index (χ1v) is 9.60. The maximum absolute atomic E-state index is 11.4. The first-order valence-electron chi connectivity index (χ1n) is 9.19. The number of carbonyl (C=O) groups excluding carboxylic acids is 1. The van der Waals surface area contributed by atoms with Crippen molar-refractivity contribution in [3.05, 3.63) is 28.3 Å². The van der Waals surface area contributed by atoms with Gasteiger partial charge in [-0.25, -0.2) is 0 Å². The summed E-state index contributed by atoms with van der Waals surface area (Å²) in [4.78, 5) is 11.4. The maximum atomic E-state index is 11.4. The van der Waals surface area contributed by atoms with Crippen LogP contribution < -0.4 is 14.2 Å². The molecule has 150 valence electrons. The fraction of sp³-hybridized carbons (Fsp3) is 0.474. The molecule has 28 heavy (non-hydrogen) atoms. The van der Waals surface area contributed by atoms with E-state index in [4.69, 9.17) is 26.4 Å². The van der Waals surface area contributed by atoms with Gasteiger partial charge >= 0.3 is 5.97 Å². The quantitative estimate of drug-likeness (QED) is 0.341. The van der Waals surface area contributed by atoms with Crippen molar-refractivity contribution in [1.29, 1.82) is 0 Å². The van der Waals surface area contributed by atoms with Crippen molar-refractivity contribution in [3.8, 4) is 17.2 Å². The molecule has 1 aromatic heterocycles. The van der Waals surface area contributed by atoms with Crippen molar-refractivity contribution in [1.82, 2.24) is 14.9 Å². The normalized spacial score (nSPS) is 15.0. The first kappa shape index (κ1) is 20.1. The largest absolute Gasteiger partial charge is 0.493 e. The molecule has 0 radical (unpaired) electrons. The van der Waals surface area contributed by atoms with Crippen molar-refractivity contribution in [2.45, 2.75) is 44.9 Å². The zero-order valence-electron chi connectivity index (χ0n) is 16.2. The van der Waals surface area contributed by atoms with Gasteiger partial charge in [0.2, 0.25) is 10.5 Å². The summed E-state index contributed by atoms with van der Waals surface area (Å²) in [6.07, 6.45) is 7.49. The Morgan fingerprint density at radius 2 is 1.89 bits per heavy atom. The number of H-pyrrole nitrogens is 1. The minimum Gasteiger partial charge on any atom is -0.493 e. The van der Waals surface area contributed by atoms with Gasteiger partial charge < -0.3 is 14.2 Å². The summed E-state index contributed by atoms with van der Waals surface area (Å²) in [6, 6.07) is 3.43. The highest BCUT2D eigenvalue weighted by Crippen LogP contribution is 2.38. The molecule has 1 heterocycles. The molecule has 1 aliphatic carbocycles. The number of hydrogen-bond acceptors (Lipinski definition) is 7. The van der Waals surface area contributed by atoms with Crippen LogP contribution in [0.4, 0.5) is 0 Å². The number of ether oxygens (including phenoxy) is 3. The monoisotopic (exact) mass is 404 g/mol. The van der Waals surface area contributed by atoms with Gasteiger partial charge in [-0.15, -0.1) is 0 Å². The van der Waals surface area contributed by atoms with E-state index in [2.05, 4.69) is 15.3 Å². The summed E-state index contributed by atoms with van der Waals surface area (Å²) < 4.78 is 18.0. The summed E-state index contributed by atoms with van der Waals surface area (Å²) in [6.45, 7) is 1.32. The number of aromatic amines is 1. The molecular formula is C19H24N4O4S. The van der Waals surface area contributed by atoms with Gasteiger partial charge in [-0.1, -0.05) is 19.3 Å². The average Bonchev–Trinajstić information content (AvgIpc) is 3.07. The molecule has 0 spiro atoms. The van der Waals surface area contributed by atoms with Crippen molar-refractivity contribution >= 4 is 24.4 Å². The Labute approximate surface area is 168 Å². The second kappa shape index (κ2) is 9.01. The van der Waals surface area contributed by atoms with E-state index in [0.29, 0.717) is 27.8 Å². The van der Waals surface area contributed by atoms with Crippen molar-refractivity contribution in [3.63, 3.8) is 0 Å². The van der Waals surface area contributed by atoms with Gasteiger partial charge in [-0.05, 0) is 37.2 Å². The van der Waals surface area contributed by atoms with E-state index in [9.17, 15) is 4.79 Å². The highest BCUT2D eigenvalue weighted by Gasteiger charge is 2.21. The second-order valence-electron chi connectivity index (χ2n) is 6.63. The molecule has 1 aliphatic rings. The highest BCUT2D eigenvalue weighted by molar-refractivity contribution is 7.71. The second-order valence-corrected chi connectivity index (χ2v) is 7.01. The van der Waals surface area contributed by atoms with Crippen LogP contribution >= 0.6 is 12.2 Å². The third kappa shape index (κ3) is 4.41. The topological polar surface area (TPSA) is 90.7 Å². The fourth-order valence-corrected chi connectivity index (χ4v) is 3.57. The minimum absolute atomic E-state index is 0.234. The number of nitrogens with one attached hydrogen (secondary N) is 1. The molecule has 1 N–H and O–H groups in total. The van der Waals surface area contributed by atoms with Crippen LogP contribution in [-0.2, 0) is 4.79 Å². The van der Waals surface area contributed by atoms with Gasteiger partial charge in [-0.2, -0.15) is 14.9 Å². The molecule has 3 rings (SSSR count). The molecule has 1 saturated carbocycles. The molecule has 2 aromatic rings. The van der Waals surface area contributed by atoms with Crippen LogP contribution in [0.1, 0.15) is 56.3 Å². The van der Waals surface area contributed by atoms with E-state index in [1.54, 1.807) is 23.0 Å². The molecule has 0 saturated heterocycles. The Morgan fingerprint density at radius 1 is 1.25 bits per heavy atom. The van der Waals surface area contributed by atoms with Crippen LogP contribution in [0.3, 0.4) is 0 Å². The molecule has 0 amide bonds. The lowest BCUT2D eigenvalue weighted by Crippen LogP contribution is -2.10. The standard InChI is InChI=1S/C19H24N4O4S/c1-12(24)27-17-15(25-2)9-13(10-16(17)26-3)11-20-23-18(21-22-19(23)28)14-7-5-4-6-8-14/h9-11,14H,4-8H2,1-3H3,(H,22,28)/b20-11+. The third-order valence-corrected chi connectivity index (χ3v) is 4.96. The number of aromatic nitrogens is 3. The van der Waals surface area contributed by atoms with Crippen LogP contribution in [0.5, 0.6) is 17.2 Å². The molecule has 8 nitrogen and oxygen atoms in total.